The number of carbonyl (C=O) groups is 1. The van der Waals surface area contributed by atoms with Crippen LogP contribution in [-0.4, -0.2) is 12.1 Å². The number of hydrogen-bond acceptors (Lipinski definition) is 3. The van der Waals surface area contributed by atoms with E-state index in [1.165, 1.54) is 0 Å². The Balaban J connectivity index is 2.10. The maximum Gasteiger partial charge on any atom is 0.337 e. The number of benzene rings is 1. The molecule has 1 aromatic heterocycles. The number of rotatable bonds is 4. The lowest BCUT2D eigenvalue weighted by molar-refractivity contribution is -0.379. The van der Waals surface area contributed by atoms with E-state index in [0.29, 0.717) is 0 Å². The van der Waals surface area contributed by atoms with Crippen molar-refractivity contribution < 1.29 is 9.78 Å². The molecule has 1 atom stereocenters. The molecule has 0 bridgehead atoms. The van der Waals surface area contributed by atoms with Gasteiger partial charge in [-0.25, -0.2) is 5.43 Å². The van der Waals surface area contributed by atoms with Crippen molar-refractivity contribution in [1.82, 2.24) is 5.43 Å². The zero-order chi connectivity index (χ0) is 17.0. The highest BCUT2D eigenvalue weighted by molar-refractivity contribution is 6.45. The average Bonchev–Trinajstić information content (AvgIpc) is 2.56. The third-order valence-electron chi connectivity index (χ3n) is 3.14. The molecule has 1 aromatic carbocycles. The number of pyridine rings is 1. The van der Waals surface area contributed by atoms with E-state index < -0.39 is 5.91 Å². The van der Waals surface area contributed by atoms with Crippen molar-refractivity contribution in [1.29, 1.82) is 0 Å². The van der Waals surface area contributed by atoms with Gasteiger partial charge in [0.05, 0.1) is 5.69 Å². The van der Waals surface area contributed by atoms with Crippen molar-refractivity contribution in [2.75, 3.05) is 5.73 Å². The van der Waals surface area contributed by atoms with Crippen LogP contribution in [0.1, 0.15) is 28.9 Å². The molecule has 2 rings (SSSR count). The number of carbonyl (C=O) groups excluding carboxylic acids is 1. The van der Waals surface area contributed by atoms with Crippen LogP contribution in [0.25, 0.3) is 0 Å². The summed E-state index contributed by atoms with van der Waals surface area (Å²) in [4.78, 5) is 14.7. The smallest absolute Gasteiger partial charge is 0.337 e. The van der Waals surface area contributed by atoms with Crippen LogP contribution in [0.4, 0.5) is 5.69 Å². The number of halogens is 3. The standard InChI is InChI=1S/C15H13Cl3N4O/c1-8(9-5-3-2-4-6-9)7-20-22-15(23)13-10(16)12(19)11(17)14(18)21-13/h2-8H,1H3,(H2,19,21)(H,22,23)/p+1/b20-7-/t8-/m0/s1. The Labute approximate surface area is 148 Å². The summed E-state index contributed by atoms with van der Waals surface area (Å²) in [7, 11) is 0. The molecule has 0 saturated carbocycles. The highest BCUT2D eigenvalue weighted by Gasteiger charge is 2.25. The summed E-state index contributed by atoms with van der Waals surface area (Å²) in [5.41, 5.74) is 9.16. The lowest BCUT2D eigenvalue weighted by Crippen LogP contribution is -2.28. The minimum absolute atomic E-state index is 0.0109. The van der Waals surface area contributed by atoms with Gasteiger partial charge in [-0.05, 0) is 17.2 Å². The quantitative estimate of drug-likeness (QED) is 0.489. The van der Waals surface area contributed by atoms with Crippen molar-refractivity contribution >= 4 is 52.6 Å². The van der Waals surface area contributed by atoms with Gasteiger partial charge in [0.15, 0.2) is 0 Å². The number of nitrogen functional groups attached to an aromatic ring is 1. The van der Waals surface area contributed by atoms with Gasteiger partial charge in [0, 0.05) is 12.1 Å². The lowest BCUT2D eigenvalue weighted by atomic mass is 10.0. The van der Waals surface area contributed by atoms with Gasteiger partial charge in [-0.3, -0.25) is 4.79 Å². The number of nitrogens with two attached hydrogens (primary N) is 1. The van der Waals surface area contributed by atoms with Gasteiger partial charge in [0.2, 0.25) is 0 Å². The molecule has 1 amide bonds. The summed E-state index contributed by atoms with van der Waals surface area (Å²) >= 11 is 17.7. The summed E-state index contributed by atoms with van der Waals surface area (Å²) in [6.07, 6.45) is 1.61. The molecule has 23 heavy (non-hydrogen) atoms. The summed E-state index contributed by atoms with van der Waals surface area (Å²) in [6.45, 7) is 1.96. The lowest BCUT2D eigenvalue weighted by Gasteiger charge is -2.05. The summed E-state index contributed by atoms with van der Waals surface area (Å²) in [5.74, 6) is -0.536. The molecule has 0 saturated heterocycles. The van der Waals surface area contributed by atoms with E-state index in [1.54, 1.807) is 6.21 Å². The van der Waals surface area contributed by atoms with E-state index in [-0.39, 0.29) is 32.5 Å². The fraction of sp³-hybridized carbons (Fsp3) is 0.133. The first-order valence-corrected chi connectivity index (χ1v) is 7.79. The molecule has 0 unspecified atom stereocenters. The molecule has 0 fully saturated rings. The van der Waals surface area contributed by atoms with Crippen LogP contribution < -0.4 is 16.1 Å². The Morgan fingerprint density at radius 3 is 2.57 bits per heavy atom. The number of aromatic amines is 1. The first kappa shape index (κ1) is 17.5. The van der Waals surface area contributed by atoms with Gasteiger partial charge >= 0.3 is 5.91 Å². The molecule has 4 N–H and O–H groups in total. The van der Waals surface area contributed by atoms with Crippen molar-refractivity contribution in [2.45, 2.75) is 12.8 Å². The maximum absolute atomic E-state index is 12.1. The second-order valence-electron chi connectivity index (χ2n) is 4.77. The van der Waals surface area contributed by atoms with Crippen molar-refractivity contribution in [3.8, 4) is 0 Å². The molecule has 0 aliphatic carbocycles. The monoisotopic (exact) mass is 371 g/mol. The van der Waals surface area contributed by atoms with Crippen LogP contribution in [0.2, 0.25) is 15.2 Å². The van der Waals surface area contributed by atoms with Gasteiger partial charge in [0.25, 0.3) is 10.8 Å². The fourth-order valence-electron chi connectivity index (χ4n) is 1.83. The molecule has 0 radical (unpaired) electrons. The van der Waals surface area contributed by atoms with E-state index in [2.05, 4.69) is 15.5 Å². The first-order chi connectivity index (χ1) is 10.9. The third kappa shape index (κ3) is 4.13. The molecule has 0 aliphatic rings. The second kappa shape index (κ2) is 7.64. The highest BCUT2D eigenvalue weighted by atomic mass is 35.5. The summed E-state index contributed by atoms with van der Waals surface area (Å²) in [5, 5.41) is 4.01. The van der Waals surface area contributed by atoms with Crippen molar-refractivity contribution in [3.05, 3.63) is 56.8 Å². The van der Waals surface area contributed by atoms with Crippen molar-refractivity contribution in [3.63, 3.8) is 0 Å². The van der Waals surface area contributed by atoms with Gasteiger partial charge in [-0.15, -0.1) is 0 Å². The maximum atomic E-state index is 12.1. The normalized spacial score (nSPS) is 12.3. The zero-order valence-corrected chi connectivity index (χ0v) is 14.4. The Morgan fingerprint density at radius 1 is 1.26 bits per heavy atom. The molecule has 0 spiro atoms. The van der Waals surface area contributed by atoms with E-state index in [0.717, 1.165) is 5.56 Å². The first-order valence-electron chi connectivity index (χ1n) is 6.65. The topological polar surface area (TPSA) is 81.6 Å². The van der Waals surface area contributed by atoms with Crippen LogP contribution >= 0.6 is 34.8 Å². The average molecular weight is 373 g/mol. The molecule has 2 aromatic rings. The number of nitrogens with zero attached hydrogens (tertiary/aromatic N) is 1. The summed E-state index contributed by atoms with van der Waals surface area (Å²) in [6, 6.07) is 9.75. The molecule has 120 valence electrons. The largest absolute Gasteiger partial charge is 0.396 e. The predicted octanol–water partition coefficient (Wildman–Crippen LogP) is 3.56. The fourth-order valence-corrected chi connectivity index (χ4v) is 2.45. The molecule has 1 heterocycles. The minimum atomic E-state index is -0.572. The van der Waals surface area contributed by atoms with Crippen molar-refractivity contribution in [2.24, 2.45) is 5.10 Å². The predicted molar refractivity (Wildman–Crippen MR) is 93.3 cm³/mol. The third-order valence-corrected chi connectivity index (χ3v) is 4.30. The molecule has 0 aliphatic heterocycles. The Kier molecular flexibility index (Phi) is 5.82. The Morgan fingerprint density at radius 2 is 1.91 bits per heavy atom. The van der Waals surface area contributed by atoms with Crippen LogP contribution in [0.3, 0.4) is 0 Å². The van der Waals surface area contributed by atoms with E-state index in [4.69, 9.17) is 40.5 Å². The molecular formula is C15H14Cl3N4O+. The Bertz CT molecular complexity index is 750. The number of hydrogen-bond donors (Lipinski definition) is 2. The number of aromatic nitrogens is 1. The van der Waals surface area contributed by atoms with E-state index >= 15 is 0 Å². The molecule has 8 heteroatoms. The Hall–Kier alpha value is -1.82. The molecule has 5 nitrogen and oxygen atoms in total. The number of anilines is 1. The number of hydrazone groups is 1. The van der Waals surface area contributed by atoms with Crippen LogP contribution in [0.15, 0.2) is 35.4 Å². The summed E-state index contributed by atoms with van der Waals surface area (Å²) < 4.78 is 0. The number of nitrogens with one attached hydrogen (secondary N) is 2. The number of H-pyrrole nitrogens is 1. The van der Waals surface area contributed by atoms with Crippen LogP contribution in [-0.2, 0) is 0 Å². The van der Waals surface area contributed by atoms with Gasteiger partial charge < -0.3 is 5.73 Å². The zero-order valence-electron chi connectivity index (χ0n) is 12.1. The minimum Gasteiger partial charge on any atom is -0.396 e. The van der Waals surface area contributed by atoms with E-state index in [9.17, 15) is 4.79 Å². The second-order valence-corrected chi connectivity index (χ2v) is 5.91. The van der Waals surface area contributed by atoms with E-state index in [1.807, 2.05) is 37.3 Å². The highest BCUT2D eigenvalue weighted by Crippen LogP contribution is 2.31. The number of amides is 1. The van der Waals surface area contributed by atoms with Gasteiger partial charge in [-0.1, -0.05) is 60.5 Å². The van der Waals surface area contributed by atoms with Gasteiger partial charge in [0.1, 0.15) is 10.0 Å². The van der Waals surface area contributed by atoms with Crippen LogP contribution in [0.5, 0.6) is 0 Å². The molecular weight excluding hydrogens is 359 g/mol. The SMILES string of the molecule is C[C@@H](/C=N\NC(=O)c1[nH+]c(Cl)c(Cl)c(N)c1Cl)c1ccccc1. The van der Waals surface area contributed by atoms with Crippen LogP contribution in [0, 0.1) is 0 Å². The van der Waals surface area contributed by atoms with Gasteiger partial charge in [-0.2, -0.15) is 10.1 Å².